The van der Waals surface area contributed by atoms with Crippen LogP contribution >= 0.6 is 11.6 Å². The molecule has 0 saturated carbocycles. The van der Waals surface area contributed by atoms with Crippen molar-refractivity contribution in [3.05, 3.63) is 64.0 Å². The quantitative estimate of drug-likeness (QED) is 0.731. The summed E-state index contributed by atoms with van der Waals surface area (Å²) in [4.78, 5) is 16.1. The number of aromatic nitrogens is 2. The molecule has 3 aromatic rings. The summed E-state index contributed by atoms with van der Waals surface area (Å²) in [6, 6.07) is 13.9. The van der Waals surface area contributed by atoms with Crippen molar-refractivity contribution in [1.82, 2.24) is 9.55 Å². The Bertz CT molecular complexity index is 878. The maximum atomic E-state index is 12.7. The highest BCUT2D eigenvalue weighted by atomic mass is 35.5. The molecule has 3 nitrogen and oxygen atoms in total. The minimum Gasteiger partial charge on any atom is -0.286 e. The second kappa shape index (κ2) is 5.85. The van der Waals surface area contributed by atoms with Crippen molar-refractivity contribution in [3.8, 4) is 11.3 Å². The Hall–Kier alpha value is -2.27. The largest absolute Gasteiger partial charge is 0.348 e. The van der Waals surface area contributed by atoms with E-state index in [-0.39, 0.29) is 0 Å². The van der Waals surface area contributed by atoms with E-state index >= 15 is 0 Å². The molecule has 2 aromatic carbocycles. The average Bonchev–Trinajstić information content (AvgIpc) is 2.50. The first kappa shape index (κ1) is 14.7. The van der Waals surface area contributed by atoms with Crippen molar-refractivity contribution in [2.24, 2.45) is 0 Å². The molecule has 0 spiro atoms. The van der Waals surface area contributed by atoms with Crippen LogP contribution in [0.5, 0.6) is 0 Å². The SMILES string of the molecule is O=c1nc(-c2ccccc2)c2cc(Cl)ccc2n1CC(F)F. The van der Waals surface area contributed by atoms with Gasteiger partial charge in [-0.2, -0.15) is 4.98 Å². The molecule has 22 heavy (non-hydrogen) atoms. The van der Waals surface area contributed by atoms with Crippen LogP contribution in [0.25, 0.3) is 22.2 Å². The molecule has 112 valence electrons. The van der Waals surface area contributed by atoms with E-state index in [1.807, 2.05) is 18.2 Å². The summed E-state index contributed by atoms with van der Waals surface area (Å²) in [5.41, 5.74) is 0.863. The van der Waals surface area contributed by atoms with Gasteiger partial charge in [0, 0.05) is 16.0 Å². The van der Waals surface area contributed by atoms with Crippen LogP contribution in [0.4, 0.5) is 8.78 Å². The molecule has 0 unspecified atom stereocenters. The molecule has 1 heterocycles. The molecule has 0 fully saturated rings. The Morgan fingerprint density at radius 1 is 1.14 bits per heavy atom. The number of nitrogens with zero attached hydrogens (tertiary/aromatic N) is 2. The van der Waals surface area contributed by atoms with E-state index in [1.54, 1.807) is 30.3 Å². The lowest BCUT2D eigenvalue weighted by molar-refractivity contribution is 0.126. The topological polar surface area (TPSA) is 34.9 Å². The number of hydrogen-bond donors (Lipinski definition) is 0. The van der Waals surface area contributed by atoms with E-state index < -0.39 is 18.7 Å². The Labute approximate surface area is 129 Å². The lowest BCUT2D eigenvalue weighted by Gasteiger charge is -2.12. The summed E-state index contributed by atoms with van der Waals surface area (Å²) in [5, 5.41) is 1.02. The number of hydrogen-bond acceptors (Lipinski definition) is 2. The van der Waals surface area contributed by atoms with Gasteiger partial charge in [0.25, 0.3) is 6.43 Å². The average molecular weight is 321 g/mol. The number of fused-ring (bicyclic) bond motifs is 1. The van der Waals surface area contributed by atoms with Gasteiger partial charge in [0.05, 0.1) is 17.8 Å². The van der Waals surface area contributed by atoms with Gasteiger partial charge in [0.15, 0.2) is 0 Å². The molecule has 0 amide bonds. The number of rotatable bonds is 3. The Morgan fingerprint density at radius 2 is 1.86 bits per heavy atom. The predicted octanol–water partition coefficient (Wildman–Crippen LogP) is 3.98. The van der Waals surface area contributed by atoms with Gasteiger partial charge in [0.2, 0.25) is 0 Å². The third-order valence-corrected chi connectivity index (χ3v) is 3.55. The van der Waals surface area contributed by atoms with Crippen LogP contribution in [0.2, 0.25) is 5.02 Å². The fourth-order valence-corrected chi connectivity index (χ4v) is 2.56. The third-order valence-electron chi connectivity index (χ3n) is 3.31. The Kier molecular flexibility index (Phi) is 3.90. The van der Waals surface area contributed by atoms with Crippen molar-refractivity contribution in [2.75, 3.05) is 0 Å². The van der Waals surface area contributed by atoms with Crippen molar-refractivity contribution in [3.63, 3.8) is 0 Å². The van der Waals surface area contributed by atoms with Crippen LogP contribution in [0.1, 0.15) is 0 Å². The standard InChI is InChI=1S/C16H11ClF2N2O/c17-11-6-7-13-12(8-11)15(10-4-2-1-3-5-10)20-16(22)21(13)9-14(18)19/h1-8,14H,9H2. The van der Waals surface area contributed by atoms with Crippen LogP contribution in [-0.4, -0.2) is 16.0 Å². The highest BCUT2D eigenvalue weighted by molar-refractivity contribution is 6.31. The van der Waals surface area contributed by atoms with E-state index in [0.717, 1.165) is 10.1 Å². The molecule has 0 aliphatic heterocycles. The minimum atomic E-state index is -2.64. The summed E-state index contributed by atoms with van der Waals surface area (Å²) >= 11 is 6.01. The van der Waals surface area contributed by atoms with Gasteiger partial charge in [-0.3, -0.25) is 4.57 Å². The van der Waals surface area contributed by atoms with Crippen LogP contribution in [0.3, 0.4) is 0 Å². The van der Waals surface area contributed by atoms with Crippen LogP contribution in [-0.2, 0) is 6.54 Å². The summed E-state index contributed by atoms with van der Waals surface area (Å²) in [7, 11) is 0. The molecule has 0 atom stereocenters. The molecular formula is C16H11ClF2N2O. The lowest BCUT2D eigenvalue weighted by atomic mass is 10.1. The van der Waals surface area contributed by atoms with Crippen molar-refractivity contribution in [1.29, 1.82) is 0 Å². The predicted molar refractivity (Wildman–Crippen MR) is 82.5 cm³/mol. The molecule has 6 heteroatoms. The third kappa shape index (κ3) is 2.72. The Balaban J connectivity index is 2.35. The molecule has 0 saturated heterocycles. The lowest BCUT2D eigenvalue weighted by Crippen LogP contribution is -2.26. The van der Waals surface area contributed by atoms with Gasteiger partial charge in [-0.05, 0) is 18.2 Å². The van der Waals surface area contributed by atoms with E-state index in [1.165, 1.54) is 0 Å². The zero-order valence-electron chi connectivity index (χ0n) is 11.3. The fourth-order valence-electron chi connectivity index (χ4n) is 2.38. The van der Waals surface area contributed by atoms with E-state index in [4.69, 9.17) is 11.6 Å². The number of alkyl halides is 2. The monoisotopic (exact) mass is 320 g/mol. The van der Waals surface area contributed by atoms with Crippen molar-refractivity contribution in [2.45, 2.75) is 13.0 Å². The number of benzene rings is 2. The summed E-state index contributed by atoms with van der Waals surface area (Å²) < 4.78 is 26.4. The highest BCUT2D eigenvalue weighted by Crippen LogP contribution is 2.27. The molecule has 0 bridgehead atoms. The zero-order chi connectivity index (χ0) is 15.7. The van der Waals surface area contributed by atoms with Gasteiger partial charge in [0.1, 0.15) is 0 Å². The zero-order valence-corrected chi connectivity index (χ0v) is 12.1. The molecule has 3 rings (SSSR count). The molecule has 0 N–H and O–H groups in total. The molecule has 0 radical (unpaired) electrons. The molecule has 0 aliphatic rings. The van der Waals surface area contributed by atoms with Gasteiger partial charge < -0.3 is 0 Å². The maximum Gasteiger partial charge on any atom is 0.348 e. The number of halogens is 3. The van der Waals surface area contributed by atoms with E-state index in [9.17, 15) is 13.6 Å². The molecular weight excluding hydrogens is 310 g/mol. The Morgan fingerprint density at radius 3 is 2.55 bits per heavy atom. The first-order valence-electron chi connectivity index (χ1n) is 6.60. The molecule has 0 aliphatic carbocycles. The van der Waals surface area contributed by atoms with E-state index in [0.29, 0.717) is 21.6 Å². The summed E-state index contributed by atoms with van der Waals surface area (Å²) in [6.07, 6.45) is -2.64. The smallest absolute Gasteiger partial charge is 0.286 e. The van der Waals surface area contributed by atoms with Crippen molar-refractivity contribution >= 4 is 22.5 Å². The van der Waals surface area contributed by atoms with Crippen LogP contribution < -0.4 is 5.69 Å². The highest BCUT2D eigenvalue weighted by Gasteiger charge is 2.15. The second-order valence-electron chi connectivity index (χ2n) is 4.77. The van der Waals surface area contributed by atoms with Gasteiger partial charge in [-0.25, -0.2) is 13.6 Å². The fraction of sp³-hybridized carbons (Fsp3) is 0.125. The van der Waals surface area contributed by atoms with Gasteiger partial charge >= 0.3 is 5.69 Å². The normalized spacial score (nSPS) is 11.3. The van der Waals surface area contributed by atoms with Gasteiger partial charge in [-0.15, -0.1) is 0 Å². The molecule has 1 aromatic heterocycles. The first-order valence-corrected chi connectivity index (χ1v) is 6.98. The summed E-state index contributed by atoms with van der Waals surface area (Å²) in [5.74, 6) is 0. The first-order chi connectivity index (χ1) is 10.6. The van der Waals surface area contributed by atoms with Crippen LogP contribution in [0, 0.1) is 0 Å². The van der Waals surface area contributed by atoms with E-state index in [2.05, 4.69) is 4.98 Å². The van der Waals surface area contributed by atoms with Crippen LogP contribution in [0.15, 0.2) is 53.3 Å². The maximum absolute atomic E-state index is 12.7. The second-order valence-corrected chi connectivity index (χ2v) is 5.21. The minimum absolute atomic E-state index is 0.392. The van der Waals surface area contributed by atoms with Crippen molar-refractivity contribution < 1.29 is 8.78 Å². The van der Waals surface area contributed by atoms with Gasteiger partial charge in [-0.1, -0.05) is 41.9 Å². The summed E-state index contributed by atoms with van der Waals surface area (Å²) in [6.45, 7) is -0.695.